The van der Waals surface area contributed by atoms with Gasteiger partial charge >= 0.3 is 0 Å². The Labute approximate surface area is 84.5 Å². The molecule has 0 aliphatic rings. The lowest BCUT2D eigenvalue weighted by Crippen LogP contribution is -2.35. The van der Waals surface area contributed by atoms with Gasteiger partial charge in [-0.05, 0) is 38.6 Å². The Bertz CT molecular complexity index is 323. The first-order valence-corrected chi connectivity index (χ1v) is 4.68. The largest absolute Gasteiger partial charge is 0.325 e. The number of carbonyl (C=O) groups excluding carboxylic acids is 1. The number of amides is 1. The van der Waals surface area contributed by atoms with Crippen molar-refractivity contribution in [3.8, 4) is 0 Å². The van der Waals surface area contributed by atoms with Gasteiger partial charge in [-0.15, -0.1) is 0 Å². The molecule has 3 nitrogen and oxygen atoms in total. The fourth-order valence-electron chi connectivity index (χ4n) is 1.10. The van der Waals surface area contributed by atoms with Crippen LogP contribution in [0.2, 0.25) is 0 Å². The van der Waals surface area contributed by atoms with Crippen molar-refractivity contribution in [2.75, 3.05) is 12.4 Å². The van der Waals surface area contributed by atoms with E-state index in [9.17, 15) is 4.79 Å². The van der Waals surface area contributed by atoms with Crippen LogP contribution in [0.3, 0.4) is 0 Å². The van der Waals surface area contributed by atoms with Gasteiger partial charge < -0.3 is 10.6 Å². The lowest BCUT2D eigenvalue weighted by atomic mass is 10.2. The second-order valence-corrected chi connectivity index (χ2v) is 3.37. The molecule has 3 heteroatoms. The number of anilines is 1. The van der Waals surface area contributed by atoms with E-state index in [2.05, 4.69) is 10.6 Å². The zero-order valence-electron chi connectivity index (χ0n) is 8.79. The van der Waals surface area contributed by atoms with Gasteiger partial charge in [0.15, 0.2) is 0 Å². The maximum Gasteiger partial charge on any atom is 0.241 e. The normalized spacial score (nSPS) is 12.2. The van der Waals surface area contributed by atoms with E-state index in [0.717, 1.165) is 11.3 Å². The highest BCUT2D eigenvalue weighted by Crippen LogP contribution is 2.09. The molecular formula is C11H16N2O. The molecule has 1 amide bonds. The van der Waals surface area contributed by atoms with E-state index in [1.807, 2.05) is 38.1 Å². The van der Waals surface area contributed by atoms with Crippen molar-refractivity contribution in [1.29, 1.82) is 0 Å². The maximum absolute atomic E-state index is 11.5. The molecule has 0 spiro atoms. The highest BCUT2D eigenvalue weighted by molar-refractivity contribution is 5.94. The van der Waals surface area contributed by atoms with E-state index in [1.54, 1.807) is 7.05 Å². The molecule has 0 aliphatic heterocycles. The standard InChI is InChI=1S/C11H16N2O/c1-8-5-4-6-10(7-8)13-11(14)9(2)12-3/h4-7,9,12H,1-3H3,(H,13,14)/t9-/m0/s1. The van der Waals surface area contributed by atoms with Gasteiger partial charge in [-0.25, -0.2) is 0 Å². The molecule has 0 saturated heterocycles. The Morgan fingerprint density at radius 1 is 1.43 bits per heavy atom. The number of benzene rings is 1. The monoisotopic (exact) mass is 192 g/mol. The fourth-order valence-corrected chi connectivity index (χ4v) is 1.10. The van der Waals surface area contributed by atoms with E-state index in [-0.39, 0.29) is 11.9 Å². The number of aryl methyl sites for hydroxylation is 1. The number of carbonyl (C=O) groups is 1. The van der Waals surface area contributed by atoms with Gasteiger partial charge in [-0.1, -0.05) is 12.1 Å². The van der Waals surface area contributed by atoms with Crippen molar-refractivity contribution in [3.05, 3.63) is 29.8 Å². The third kappa shape index (κ3) is 2.85. The summed E-state index contributed by atoms with van der Waals surface area (Å²) in [5.41, 5.74) is 1.98. The summed E-state index contributed by atoms with van der Waals surface area (Å²) in [6, 6.07) is 7.58. The van der Waals surface area contributed by atoms with Gasteiger partial charge in [0.25, 0.3) is 0 Å². The van der Waals surface area contributed by atoms with Crippen LogP contribution < -0.4 is 10.6 Å². The van der Waals surface area contributed by atoms with Crippen LogP contribution in [0.1, 0.15) is 12.5 Å². The molecular weight excluding hydrogens is 176 g/mol. The number of likely N-dealkylation sites (N-methyl/N-ethyl adjacent to an activating group) is 1. The molecule has 1 aromatic carbocycles. The van der Waals surface area contributed by atoms with Gasteiger partial charge in [0.2, 0.25) is 5.91 Å². The Morgan fingerprint density at radius 3 is 2.71 bits per heavy atom. The minimum atomic E-state index is -0.171. The fraction of sp³-hybridized carbons (Fsp3) is 0.364. The van der Waals surface area contributed by atoms with Crippen molar-refractivity contribution in [3.63, 3.8) is 0 Å². The van der Waals surface area contributed by atoms with Gasteiger partial charge in [0, 0.05) is 5.69 Å². The van der Waals surface area contributed by atoms with Crippen molar-refractivity contribution in [2.45, 2.75) is 19.9 Å². The smallest absolute Gasteiger partial charge is 0.241 e. The second-order valence-electron chi connectivity index (χ2n) is 3.37. The minimum Gasteiger partial charge on any atom is -0.325 e. The summed E-state index contributed by atoms with van der Waals surface area (Å²) in [5, 5.41) is 5.72. The molecule has 76 valence electrons. The van der Waals surface area contributed by atoms with Crippen LogP contribution >= 0.6 is 0 Å². The summed E-state index contributed by atoms with van der Waals surface area (Å²) >= 11 is 0. The summed E-state index contributed by atoms with van der Waals surface area (Å²) in [6.07, 6.45) is 0. The Balaban J connectivity index is 2.65. The minimum absolute atomic E-state index is 0.0156. The molecule has 0 radical (unpaired) electrons. The molecule has 0 fully saturated rings. The average Bonchev–Trinajstić information content (AvgIpc) is 2.16. The Hall–Kier alpha value is -1.35. The molecule has 0 aromatic heterocycles. The van der Waals surface area contributed by atoms with Crippen molar-refractivity contribution >= 4 is 11.6 Å². The number of hydrogen-bond acceptors (Lipinski definition) is 2. The van der Waals surface area contributed by atoms with Gasteiger partial charge in [0.1, 0.15) is 0 Å². The molecule has 1 aromatic rings. The molecule has 2 N–H and O–H groups in total. The van der Waals surface area contributed by atoms with Crippen LogP contribution in [0.4, 0.5) is 5.69 Å². The summed E-state index contributed by atoms with van der Waals surface area (Å²) in [6.45, 7) is 3.82. The van der Waals surface area contributed by atoms with E-state index in [4.69, 9.17) is 0 Å². The summed E-state index contributed by atoms with van der Waals surface area (Å²) in [4.78, 5) is 11.5. The lowest BCUT2D eigenvalue weighted by molar-refractivity contribution is -0.117. The second kappa shape index (κ2) is 4.77. The van der Waals surface area contributed by atoms with Crippen molar-refractivity contribution in [2.24, 2.45) is 0 Å². The lowest BCUT2D eigenvalue weighted by Gasteiger charge is -2.11. The third-order valence-corrected chi connectivity index (χ3v) is 2.11. The number of rotatable bonds is 3. The van der Waals surface area contributed by atoms with Crippen LogP contribution in [-0.2, 0) is 4.79 Å². The summed E-state index contributed by atoms with van der Waals surface area (Å²) in [5.74, 6) is -0.0156. The molecule has 0 aliphatic carbocycles. The average molecular weight is 192 g/mol. The van der Waals surface area contributed by atoms with Crippen LogP contribution in [0.25, 0.3) is 0 Å². The van der Waals surface area contributed by atoms with E-state index in [0.29, 0.717) is 0 Å². The Morgan fingerprint density at radius 2 is 2.14 bits per heavy atom. The molecule has 0 bridgehead atoms. The van der Waals surface area contributed by atoms with Gasteiger partial charge in [-0.3, -0.25) is 4.79 Å². The third-order valence-electron chi connectivity index (χ3n) is 2.11. The molecule has 1 atom stereocenters. The van der Waals surface area contributed by atoms with E-state index >= 15 is 0 Å². The number of nitrogens with one attached hydrogen (secondary N) is 2. The van der Waals surface area contributed by atoms with Crippen LogP contribution in [0.15, 0.2) is 24.3 Å². The maximum atomic E-state index is 11.5. The van der Waals surface area contributed by atoms with Crippen molar-refractivity contribution < 1.29 is 4.79 Å². The molecule has 0 unspecified atom stereocenters. The van der Waals surface area contributed by atoms with Crippen LogP contribution in [-0.4, -0.2) is 19.0 Å². The van der Waals surface area contributed by atoms with Crippen LogP contribution in [0.5, 0.6) is 0 Å². The number of hydrogen-bond donors (Lipinski definition) is 2. The predicted molar refractivity (Wildman–Crippen MR) is 58.3 cm³/mol. The van der Waals surface area contributed by atoms with Crippen LogP contribution in [0, 0.1) is 6.92 Å². The topological polar surface area (TPSA) is 41.1 Å². The molecule has 14 heavy (non-hydrogen) atoms. The van der Waals surface area contributed by atoms with E-state index < -0.39 is 0 Å². The van der Waals surface area contributed by atoms with Gasteiger partial charge in [0.05, 0.1) is 6.04 Å². The Kier molecular flexibility index (Phi) is 3.65. The highest BCUT2D eigenvalue weighted by Gasteiger charge is 2.09. The molecule has 0 saturated carbocycles. The van der Waals surface area contributed by atoms with Gasteiger partial charge in [-0.2, -0.15) is 0 Å². The zero-order chi connectivity index (χ0) is 10.6. The quantitative estimate of drug-likeness (QED) is 0.762. The highest BCUT2D eigenvalue weighted by atomic mass is 16.2. The van der Waals surface area contributed by atoms with Crippen molar-refractivity contribution in [1.82, 2.24) is 5.32 Å². The molecule has 0 heterocycles. The zero-order valence-corrected chi connectivity index (χ0v) is 8.79. The first-order chi connectivity index (χ1) is 6.63. The first-order valence-electron chi connectivity index (χ1n) is 4.68. The molecule has 1 rings (SSSR count). The first kappa shape index (κ1) is 10.7. The SMILES string of the molecule is CN[C@@H](C)C(=O)Nc1cccc(C)c1. The summed E-state index contributed by atoms with van der Waals surface area (Å²) < 4.78 is 0. The summed E-state index contributed by atoms with van der Waals surface area (Å²) in [7, 11) is 1.76. The van der Waals surface area contributed by atoms with E-state index in [1.165, 1.54) is 0 Å². The predicted octanol–water partition coefficient (Wildman–Crippen LogP) is 1.54.